The minimum Gasteiger partial charge on any atom is -0.371 e. The predicted octanol–water partition coefficient (Wildman–Crippen LogP) is 2.37. The Bertz CT molecular complexity index is 894. The second-order valence-corrected chi connectivity index (χ2v) is 7.60. The van der Waals surface area contributed by atoms with Crippen molar-refractivity contribution < 1.29 is 9.59 Å². The molecule has 1 aromatic heterocycles. The highest BCUT2D eigenvalue weighted by Gasteiger charge is 2.30. The van der Waals surface area contributed by atoms with Crippen molar-refractivity contribution >= 4 is 35.0 Å². The number of carbonyl (C=O) groups is 2. The smallest absolute Gasteiger partial charge is 0.250 e. The average molecular weight is 383 g/mol. The fourth-order valence-corrected chi connectivity index (χ4v) is 4.14. The summed E-state index contributed by atoms with van der Waals surface area (Å²) < 4.78 is 0. The first-order valence-corrected chi connectivity index (χ1v) is 10.2. The van der Waals surface area contributed by atoms with Gasteiger partial charge in [0.1, 0.15) is 0 Å². The van der Waals surface area contributed by atoms with Crippen molar-refractivity contribution in [1.29, 1.82) is 0 Å². The van der Waals surface area contributed by atoms with Gasteiger partial charge in [-0.3, -0.25) is 9.59 Å². The van der Waals surface area contributed by atoms with Gasteiger partial charge in [0.2, 0.25) is 5.91 Å². The molecule has 8 heteroatoms. The minimum atomic E-state index is -0.454. The highest BCUT2D eigenvalue weighted by molar-refractivity contribution is 7.98. The summed E-state index contributed by atoms with van der Waals surface area (Å²) in [6.07, 6.45) is 7.88. The van der Waals surface area contributed by atoms with Crippen molar-refractivity contribution in [1.82, 2.24) is 9.97 Å². The van der Waals surface area contributed by atoms with Gasteiger partial charge in [0.25, 0.3) is 5.91 Å². The van der Waals surface area contributed by atoms with Gasteiger partial charge in [-0.2, -0.15) is 0 Å². The summed E-state index contributed by atoms with van der Waals surface area (Å²) >= 11 is 1.46. The van der Waals surface area contributed by atoms with E-state index in [1.54, 1.807) is 12.4 Å². The van der Waals surface area contributed by atoms with Crippen LogP contribution in [0.3, 0.4) is 0 Å². The van der Waals surface area contributed by atoms with E-state index in [4.69, 9.17) is 5.73 Å². The van der Waals surface area contributed by atoms with E-state index in [0.29, 0.717) is 10.7 Å². The highest BCUT2D eigenvalue weighted by Crippen LogP contribution is 2.41. The monoisotopic (exact) mass is 383 g/mol. The second kappa shape index (κ2) is 7.19. The van der Waals surface area contributed by atoms with Crippen LogP contribution < -0.4 is 16.0 Å². The number of nitrogens with zero attached hydrogens (tertiary/aromatic N) is 3. The molecular weight excluding hydrogens is 362 g/mol. The number of primary amides is 1. The summed E-state index contributed by atoms with van der Waals surface area (Å²) in [5.74, 6) is -0.708. The number of nitrogens with one attached hydrogen (secondary N) is 1. The zero-order valence-electron chi connectivity index (χ0n) is 15.1. The van der Waals surface area contributed by atoms with Gasteiger partial charge in [0.15, 0.2) is 5.16 Å². The topological polar surface area (TPSA) is 101 Å². The second-order valence-electron chi connectivity index (χ2n) is 6.82. The van der Waals surface area contributed by atoms with Crippen molar-refractivity contribution in [3.8, 4) is 0 Å². The van der Waals surface area contributed by atoms with Crippen LogP contribution >= 0.6 is 11.8 Å². The quantitative estimate of drug-likeness (QED) is 0.621. The third-order valence-corrected chi connectivity index (χ3v) is 5.73. The third kappa shape index (κ3) is 3.37. The molecule has 3 heterocycles. The number of benzene rings is 1. The van der Waals surface area contributed by atoms with E-state index in [-0.39, 0.29) is 18.2 Å². The Balaban J connectivity index is 1.81. The van der Waals surface area contributed by atoms with E-state index in [1.807, 2.05) is 18.4 Å². The van der Waals surface area contributed by atoms with Gasteiger partial charge in [-0.25, -0.2) is 9.97 Å². The van der Waals surface area contributed by atoms with Crippen molar-refractivity contribution in [2.24, 2.45) is 5.73 Å². The molecule has 1 unspecified atom stereocenters. The molecule has 2 aliphatic rings. The molecular formula is C19H21N5O2S. The molecule has 0 aliphatic carbocycles. The molecule has 0 radical (unpaired) electrons. The minimum absolute atomic E-state index is 0.0550. The molecule has 4 rings (SSSR count). The lowest BCUT2D eigenvalue weighted by molar-refractivity contribution is -0.116. The van der Waals surface area contributed by atoms with Gasteiger partial charge < -0.3 is 16.0 Å². The van der Waals surface area contributed by atoms with Crippen LogP contribution in [0.2, 0.25) is 0 Å². The lowest BCUT2D eigenvalue weighted by atomic mass is 9.84. The molecule has 27 heavy (non-hydrogen) atoms. The van der Waals surface area contributed by atoms with Crippen LogP contribution in [0, 0.1) is 0 Å². The van der Waals surface area contributed by atoms with Gasteiger partial charge in [0, 0.05) is 43.5 Å². The summed E-state index contributed by atoms with van der Waals surface area (Å²) in [6.45, 7) is 1.78. The van der Waals surface area contributed by atoms with E-state index < -0.39 is 5.91 Å². The fraction of sp³-hybridized carbons (Fsp3) is 0.368. The average Bonchev–Trinajstić information content (AvgIpc) is 3.21. The van der Waals surface area contributed by atoms with Crippen LogP contribution in [-0.4, -0.2) is 41.1 Å². The highest BCUT2D eigenvalue weighted by atomic mass is 32.2. The number of hydrogen-bond donors (Lipinski definition) is 2. The Hall–Kier alpha value is -2.61. The number of thioether (sulfide) groups is 1. The van der Waals surface area contributed by atoms with Crippen LogP contribution in [0.5, 0.6) is 0 Å². The van der Waals surface area contributed by atoms with Gasteiger partial charge >= 0.3 is 0 Å². The maximum absolute atomic E-state index is 12.3. The molecule has 1 saturated heterocycles. The first-order valence-electron chi connectivity index (χ1n) is 8.95. The third-order valence-electron chi connectivity index (χ3n) is 5.15. The molecule has 140 valence electrons. The zero-order chi connectivity index (χ0) is 19.0. The molecule has 3 N–H and O–H groups in total. The lowest BCUT2D eigenvalue weighted by Gasteiger charge is -2.29. The number of amides is 2. The standard InChI is InChI=1S/C19H21N5O2S/c1-27-19-21-9-11(10-22-19)12-7-17(25)23-15-8-16(24-4-2-3-5-24)14(18(20)26)6-13(12)15/h6,8-10,12H,2-5,7H2,1H3,(H2,20,26)(H,23,25). The predicted molar refractivity (Wildman–Crippen MR) is 105 cm³/mol. The maximum Gasteiger partial charge on any atom is 0.250 e. The van der Waals surface area contributed by atoms with Crippen molar-refractivity contribution in [3.63, 3.8) is 0 Å². The summed E-state index contributed by atoms with van der Waals surface area (Å²) in [4.78, 5) is 35.3. The van der Waals surface area contributed by atoms with E-state index in [9.17, 15) is 9.59 Å². The number of fused-ring (bicyclic) bond motifs is 1. The van der Waals surface area contributed by atoms with Crippen molar-refractivity contribution in [2.75, 3.05) is 29.6 Å². The lowest BCUT2D eigenvalue weighted by Crippen LogP contribution is -2.27. The van der Waals surface area contributed by atoms with Crippen LogP contribution in [0.4, 0.5) is 11.4 Å². The first kappa shape index (κ1) is 17.8. The Morgan fingerprint density at radius 2 is 1.96 bits per heavy atom. The summed E-state index contributed by atoms with van der Waals surface area (Å²) in [5, 5.41) is 3.63. The summed E-state index contributed by atoms with van der Waals surface area (Å²) in [6, 6.07) is 3.72. The maximum atomic E-state index is 12.3. The molecule has 1 atom stereocenters. The Morgan fingerprint density at radius 3 is 2.59 bits per heavy atom. The number of nitrogens with two attached hydrogens (primary N) is 1. The molecule has 2 aromatic rings. The molecule has 2 aliphatic heterocycles. The molecule has 2 amide bonds. The fourth-order valence-electron chi connectivity index (χ4n) is 3.82. The first-order chi connectivity index (χ1) is 13.1. The van der Waals surface area contributed by atoms with Crippen molar-refractivity contribution in [3.05, 3.63) is 41.2 Å². The van der Waals surface area contributed by atoms with Gasteiger partial charge in [0.05, 0.1) is 11.3 Å². The van der Waals surface area contributed by atoms with Gasteiger partial charge in [-0.05, 0) is 42.4 Å². The number of anilines is 2. The number of hydrogen-bond acceptors (Lipinski definition) is 6. The van der Waals surface area contributed by atoms with Gasteiger partial charge in [-0.1, -0.05) is 11.8 Å². The van der Waals surface area contributed by atoms with Crippen molar-refractivity contribution in [2.45, 2.75) is 30.3 Å². The van der Waals surface area contributed by atoms with Crippen LogP contribution in [0.1, 0.15) is 46.7 Å². The van der Waals surface area contributed by atoms with Crippen LogP contribution in [0.25, 0.3) is 0 Å². The largest absolute Gasteiger partial charge is 0.371 e. The van der Waals surface area contributed by atoms with E-state index in [2.05, 4.69) is 20.2 Å². The van der Waals surface area contributed by atoms with E-state index >= 15 is 0 Å². The Morgan fingerprint density at radius 1 is 1.26 bits per heavy atom. The van der Waals surface area contributed by atoms with Gasteiger partial charge in [-0.15, -0.1) is 0 Å². The molecule has 0 spiro atoms. The summed E-state index contributed by atoms with van der Waals surface area (Å²) in [7, 11) is 0. The van der Waals surface area contributed by atoms with Crippen LogP contribution in [-0.2, 0) is 4.79 Å². The van der Waals surface area contributed by atoms with E-state index in [1.165, 1.54) is 11.8 Å². The van der Waals surface area contributed by atoms with Crippen LogP contribution in [0.15, 0.2) is 29.7 Å². The number of aromatic nitrogens is 2. The zero-order valence-corrected chi connectivity index (χ0v) is 15.9. The number of carbonyl (C=O) groups excluding carboxylic acids is 2. The molecule has 0 bridgehead atoms. The molecule has 1 aromatic carbocycles. The number of rotatable bonds is 4. The SMILES string of the molecule is CSc1ncc(C2CC(=O)Nc3cc(N4CCCC4)c(C(N)=O)cc32)cn1. The van der Waals surface area contributed by atoms with E-state index in [0.717, 1.165) is 48.4 Å². The molecule has 7 nitrogen and oxygen atoms in total. The summed E-state index contributed by atoms with van der Waals surface area (Å²) in [5.41, 5.74) is 9.45. The Kier molecular flexibility index (Phi) is 4.73. The Labute approximate surface area is 161 Å². The molecule has 0 saturated carbocycles. The normalized spacial score (nSPS) is 18.9. The molecule has 1 fully saturated rings.